The third kappa shape index (κ3) is 4.37. The second-order valence-corrected chi connectivity index (χ2v) is 9.00. The van der Waals surface area contributed by atoms with Crippen LogP contribution < -0.4 is 14.7 Å². The molecule has 0 bridgehead atoms. The molecule has 2 aliphatic rings. The number of morpholine rings is 1. The number of ether oxygens (including phenoxy) is 1. The van der Waals surface area contributed by atoms with E-state index in [9.17, 15) is 0 Å². The summed E-state index contributed by atoms with van der Waals surface area (Å²) in [5.41, 5.74) is 2.29. The molecule has 0 aliphatic carbocycles. The molecule has 2 fully saturated rings. The molecule has 2 aromatic carbocycles. The summed E-state index contributed by atoms with van der Waals surface area (Å²) in [6, 6.07) is 18.8. The van der Waals surface area contributed by atoms with Gasteiger partial charge in [0.2, 0.25) is 11.9 Å². The van der Waals surface area contributed by atoms with Crippen LogP contribution in [0.25, 0.3) is 22.2 Å². The summed E-state index contributed by atoms with van der Waals surface area (Å²) in [6.07, 6.45) is 1.85. The molecule has 4 heterocycles. The van der Waals surface area contributed by atoms with Gasteiger partial charge in [-0.05, 0) is 35.4 Å². The van der Waals surface area contributed by atoms with Crippen LogP contribution in [-0.4, -0.2) is 72.4 Å². The minimum atomic E-state index is 0.687. The van der Waals surface area contributed by atoms with Crippen LogP contribution in [0.1, 0.15) is 5.56 Å². The van der Waals surface area contributed by atoms with Gasteiger partial charge in [-0.3, -0.25) is 0 Å². The molecule has 6 rings (SSSR count). The van der Waals surface area contributed by atoms with E-state index in [1.807, 2.05) is 18.3 Å². The van der Waals surface area contributed by atoms with Gasteiger partial charge in [-0.2, -0.15) is 15.0 Å². The van der Waals surface area contributed by atoms with E-state index in [4.69, 9.17) is 19.7 Å². The van der Waals surface area contributed by atoms with Crippen molar-refractivity contribution in [1.29, 1.82) is 0 Å². The standard InChI is InChI=1S/C27H29N7O/c1-20-9-10-23(22-7-3-2-6-21(20)22)25-29-26(31-27(30-25)34-16-18-35-19-17-34)33-14-12-32(13-15-33)24-8-4-5-11-28-24/h2-11H,12-19H2,1H3. The summed E-state index contributed by atoms with van der Waals surface area (Å²) in [5, 5.41) is 2.39. The van der Waals surface area contributed by atoms with Crippen molar-refractivity contribution >= 4 is 28.5 Å². The summed E-state index contributed by atoms with van der Waals surface area (Å²) in [4.78, 5) is 26.2. The Kier molecular flexibility index (Phi) is 5.88. The molecule has 35 heavy (non-hydrogen) atoms. The fourth-order valence-electron chi connectivity index (χ4n) is 4.84. The zero-order chi connectivity index (χ0) is 23.6. The zero-order valence-electron chi connectivity index (χ0n) is 20.0. The molecule has 4 aromatic rings. The third-order valence-corrected chi connectivity index (χ3v) is 6.82. The highest BCUT2D eigenvalue weighted by Gasteiger charge is 2.24. The minimum absolute atomic E-state index is 0.687. The van der Waals surface area contributed by atoms with Crippen LogP contribution in [0.5, 0.6) is 0 Å². The van der Waals surface area contributed by atoms with E-state index in [0.717, 1.165) is 73.8 Å². The lowest BCUT2D eigenvalue weighted by Crippen LogP contribution is -2.47. The van der Waals surface area contributed by atoms with Gasteiger partial charge < -0.3 is 19.4 Å². The van der Waals surface area contributed by atoms with E-state index in [1.165, 1.54) is 10.9 Å². The summed E-state index contributed by atoms with van der Waals surface area (Å²) < 4.78 is 5.57. The molecule has 0 radical (unpaired) electrons. The fourth-order valence-corrected chi connectivity index (χ4v) is 4.84. The SMILES string of the molecule is Cc1ccc(-c2nc(N3CCOCC3)nc(N3CCN(c4ccccn4)CC3)n2)c2ccccc12. The van der Waals surface area contributed by atoms with Crippen molar-refractivity contribution < 1.29 is 4.74 Å². The number of pyridine rings is 1. The molecular formula is C27H29N7O. The highest BCUT2D eigenvalue weighted by molar-refractivity contribution is 5.97. The lowest BCUT2D eigenvalue weighted by Gasteiger charge is -2.36. The maximum atomic E-state index is 5.57. The van der Waals surface area contributed by atoms with Gasteiger partial charge in [0.25, 0.3) is 0 Å². The number of anilines is 3. The molecule has 0 atom stereocenters. The van der Waals surface area contributed by atoms with Crippen LogP contribution >= 0.6 is 0 Å². The van der Waals surface area contributed by atoms with Crippen LogP contribution in [0.15, 0.2) is 60.8 Å². The van der Waals surface area contributed by atoms with E-state index in [-0.39, 0.29) is 0 Å². The normalized spacial score (nSPS) is 16.7. The smallest absolute Gasteiger partial charge is 0.230 e. The first kappa shape index (κ1) is 21.7. The molecule has 178 valence electrons. The predicted molar refractivity (Wildman–Crippen MR) is 139 cm³/mol. The monoisotopic (exact) mass is 467 g/mol. The van der Waals surface area contributed by atoms with Crippen LogP contribution in [-0.2, 0) is 4.74 Å². The Hall–Kier alpha value is -3.78. The number of aromatic nitrogens is 4. The van der Waals surface area contributed by atoms with Gasteiger partial charge >= 0.3 is 0 Å². The number of aryl methyl sites for hydroxylation is 1. The van der Waals surface area contributed by atoms with E-state index >= 15 is 0 Å². The van der Waals surface area contributed by atoms with Crippen molar-refractivity contribution in [2.75, 3.05) is 67.2 Å². The molecule has 0 unspecified atom stereocenters. The van der Waals surface area contributed by atoms with Crippen LogP contribution in [0, 0.1) is 6.92 Å². The average molecular weight is 468 g/mol. The lowest BCUT2D eigenvalue weighted by atomic mass is 10.00. The number of benzene rings is 2. The van der Waals surface area contributed by atoms with E-state index in [1.54, 1.807) is 0 Å². The van der Waals surface area contributed by atoms with Crippen molar-refractivity contribution in [3.8, 4) is 11.4 Å². The van der Waals surface area contributed by atoms with Crippen molar-refractivity contribution in [3.05, 3.63) is 66.4 Å². The van der Waals surface area contributed by atoms with E-state index < -0.39 is 0 Å². The highest BCUT2D eigenvalue weighted by atomic mass is 16.5. The van der Waals surface area contributed by atoms with Crippen LogP contribution in [0.4, 0.5) is 17.7 Å². The maximum absolute atomic E-state index is 5.57. The molecule has 0 N–H and O–H groups in total. The Labute approximate surface area is 205 Å². The predicted octanol–water partition coefficient (Wildman–Crippen LogP) is 3.56. The molecule has 2 aliphatic heterocycles. The summed E-state index contributed by atoms with van der Waals surface area (Å²) in [5.74, 6) is 3.20. The Morgan fingerprint density at radius 1 is 0.657 bits per heavy atom. The quantitative estimate of drug-likeness (QED) is 0.451. The lowest BCUT2D eigenvalue weighted by molar-refractivity contribution is 0.122. The van der Waals surface area contributed by atoms with Crippen LogP contribution in [0.3, 0.4) is 0 Å². The molecular weight excluding hydrogens is 438 g/mol. The van der Waals surface area contributed by atoms with Crippen molar-refractivity contribution in [2.45, 2.75) is 6.92 Å². The molecule has 0 spiro atoms. The minimum Gasteiger partial charge on any atom is -0.378 e. The number of piperazine rings is 1. The molecule has 0 saturated carbocycles. The molecule has 2 saturated heterocycles. The number of hydrogen-bond donors (Lipinski definition) is 0. The van der Waals surface area contributed by atoms with Crippen molar-refractivity contribution in [3.63, 3.8) is 0 Å². The number of hydrogen-bond acceptors (Lipinski definition) is 8. The first-order valence-electron chi connectivity index (χ1n) is 12.2. The van der Waals surface area contributed by atoms with Gasteiger partial charge in [-0.25, -0.2) is 4.98 Å². The topological polar surface area (TPSA) is 70.5 Å². The van der Waals surface area contributed by atoms with E-state index in [2.05, 4.69) is 69.1 Å². The highest BCUT2D eigenvalue weighted by Crippen LogP contribution is 2.31. The summed E-state index contributed by atoms with van der Waals surface area (Å²) in [7, 11) is 0. The zero-order valence-corrected chi connectivity index (χ0v) is 20.0. The van der Waals surface area contributed by atoms with Gasteiger partial charge in [0, 0.05) is 51.0 Å². The summed E-state index contributed by atoms with van der Waals surface area (Å²) in [6.45, 7) is 8.49. The Balaban J connectivity index is 1.37. The molecule has 8 heteroatoms. The van der Waals surface area contributed by atoms with Gasteiger partial charge in [0.1, 0.15) is 5.82 Å². The molecule has 2 aromatic heterocycles. The van der Waals surface area contributed by atoms with Gasteiger partial charge in [-0.15, -0.1) is 0 Å². The Morgan fingerprint density at radius 3 is 2.03 bits per heavy atom. The molecule has 8 nitrogen and oxygen atoms in total. The molecule has 0 amide bonds. The second-order valence-electron chi connectivity index (χ2n) is 9.00. The van der Waals surface area contributed by atoms with Crippen molar-refractivity contribution in [1.82, 2.24) is 19.9 Å². The second kappa shape index (κ2) is 9.46. The largest absolute Gasteiger partial charge is 0.378 e. The summed E-state index contributed by atoms with van der Waals surface area (Å²) >= 11 is 0. The van der Waals surface area contributed by atoms with Gasteiger partial charge in [-0.1, -0.05) is 42.5 Å². The first-order chi connectivity index (χ1) is 17.3. The average Bonchev–Trinajstić information content (AvgIpc) is 2.94. The fraction of sp³-hybridized carbons (Fsp3) is 0.333. The third-order valence-electron chi connectivity index (χ3n) is 6.82. The number of rotatable bonds is 4. The number of fused-ring (bicyclic) bond motifs is 1. The van der Waals surface area contributed by atoms with Crippen molar-refractivity contribution in [2.24, 2.45) is 0 Å². The van der Waals surface area contributed by atoms with Crippen LogP contribution in [0.2, 0.25) is 0 Å². The van der Waals surface area contributed by atoms with Gasteiger partial charge in [0.15, 0.2) is 5.82 Å². The Morgan fingerprint density at radius 2 is 1.31 bits per heavy atom. The number of nitrogens with zero attached hydrogens (tertiary/aromatic N) is 7. The first-order valence-corrected chi connectivity index (χ1v) is 12.2. The van der Waals surface area contributed by atoms with E-state index in [0.29, 0.717) is 13.2 Å². The Bertz CT molecular complexity index is 1320. The maximum Gasteiger partial charge on any atom is 0.230 e. The van der Waals surface area contributed by atoms with Gasteiger partial charge in [0.05, 0.1) is 13.2 Å².